The molecule has 0 aromatic carbocycles. The Morgan fingerprint density at radius 1 is 1.50 bits per heavy atom. The fourth-order valence-corrected chi connectivity index (χ4v) is 2.22. The number of hydrogen-bond donors (Lipinski definition) is 1. The van der Waals surface area contributed by atoms with Crippen LogP contribution in [0.5, 0.6) is 0 Å². The van der Waals surface area contributed by atoms with Gasteiger partial charge in [-0.15, -0.1) is 0 Å². The molecule has 1 rings (SSSR count). The van der Waals surface area contributed by atoms with Crippen molar-refractivity contribution in [2.45, 2.75) is 26.7 Å². The minimum atomic E-state index is -0.0895. The molecule has 1 aliphatic heterocycles. The Kier molecular flexibility index (Phi) is 5.85. The average Bonchev–Trinajstić information content (AvgIpc) is 2.34. The molecule has 102 valence electrons. The van der Waals surface area contributed by atoms with Crippen molar-refractivity contribution in [3.8, 4) is 0 Å². The van der Waals surface area contributed by atoms with Crippen LogP contribution in [0.2, 0.25) is 0 Å². The zero-order valence-corrected chi connectivity index (χ0v) is 12.6. The number of nitrogens with one attached hydrogen (secondary N) is 1. The second kappa shape index (κ2) is 6.92. The SMILES string of the molecule is C=C(Br)CNC(=O)C1CCCN(C(=O)C(C)C)C1. The largest absolute Gasteiger partial charge is 0.351 e. The van der Waals surface area contributed by atoms with Gasteiger partial charge in [0.15, 0.2) is 0 Å². The Hall–Kier alpha value is -0.840. The topological polar surface area (TPSA) is 49.4 Å². The van der Waals surface area contributed by atoms with E-state index in [1.807, 2.05) is 13.8 Å². The zero-order valence-electron chi connectivity index (χ0n) is 11.0. The molecule has 0 aliphatic carbocycles. The number of likely N-dealkylation sites (tertiary alicyclic amines) is 1. The van der Waals surface area contributed by atoms with Gasteiger partial charge in [-0.1, -0.05) is 36.4 Å². The molecule has 0 spiro atoms. The number of piperidine rings is 1. The van der Waals surface area contributed by atoms with E-state index >= 15 is 0 Å². The summed E-state index contributed by atoms with van der Waals surface area (Å²) in [5, 5.41) is 2.82. The standard InChI is InChI=1S/C13H21BrN2O2/c1-9(2)13(18)16-6-4-5-11(8-16)12(17)15-7-10(3)14/h9,11H,3-8H2,1-2H3,(H,15,17). The summed E-state index contributed by atoms with van der Waals surface area (Å²) < 4.78 is 0.752. The molecule has 0 aromatic rings. The van der Waals surface area contributed by atoms with Crippen LogP contribution in [0.25, 0.3) is 0 Å². The fraction of sp³-hybridized carbons (Fsp3) is 0.692. The van der Waals surface area contributed by atoms with E-state index in [1.54, 1.807) is 4.90 Å². The first-order chi connectivity index (χ1) is 8.41. The lowest BCUT2D eigenvalue weighted by molar-refractivity contribution is -0.138. The number of hydrogen-bond acceptors (Lipinski definition) is 2. The quantitative estimate of drug-likeness (QED) is 0.861. The fourth-order valence-electron chi connectivity index (χ4n) is 2.08. The molecule has 1 unspecified atom stereocenters. The number of nitrogens with zero attached hydrogens (tertiary/aromatic N) is 1. The highest BCUT2D eigenvalue weighted by molar-refractivity contribution is 9.11. The van der Waals surface area contributed by atoms with E-state index in [-0.39, 0.29) is 23.7 Å². The number of amides is 2. The number of carbonyl (C=O) groups is 2. The summed E-state index contributed by atoms with van der Waals surface area (Å²) >= 11 is 3.21. The van der Waals surface area contributed by atoms with E-state index in [0.29, 0.717) is 13.1 Å². The molecule has 18 heavy (non-hydrogen) atoms. The van der Waals surface area contributed by atoms with Crippen molar-refractivity contribution in [2.75, 3.05) is 19.6 Å². The van der Waals surface area contributed by atoms with Crippen molar-refractivity contribution in [3.05, 3.63) is 11.1 Å². The lowest BCUT2D eigenvalue weighted by Crippen LogP contribution is -2.46. The molecule has 1 heterocycles. The van der Waals surface area contributed by atoms with Crippen molar-refractivity contribution in [3.63, 3.8) is 0 Å². The van der Waals surface area contributed by atoms with Gasteiger partial charge in [-0.3, -0.25) is 9.59 Å². The monoisotopic (exact) mass is 316 g/mol. The van der Waals surface area contributed by atoms with E-state index in [0.717, 1.165) is 23.9 Å². The van der Waals surface area contributed by atoms with E-state index in [1.165, 1.54) is 0 Å². The van der Waals surface area contributed by atoms with Gasteiger partial charge < -0.3 is 10.2 Å². The van der Waals surface area contributed by atoms with Crippen molar-refractivity contribution in [1.82, 2.24) is 10.2 Å². The highest BCUT2D eigenvalue weighted by atomic mass is 79.9. The van der Waals surface area contributed by atoms with E-state index in [2.05, 4.69) is 27.8 Å². The molecule has 0 saturated carbocycles. The van der Waals surface area contributed by atoms with Gasteiger partial charge in [-0.05, 0) is 12.8 Å². The summed E-state index contributed by atoms with van der Waals surface area (Å²) in [6.07, 6.45) is 1.74. The first kappa shape index (κ1) is 15.2. The van der Waals surface area contributed by atoms with Crippen molar-refractivity contribution in [1.29, 1.82) is 0 Å². The average molecular weight is 317 g/mol. The van der Waals surface area contributed by atoms with Gasteiger partial charge in [0, 0.05) is 30.0 Å². The Morgan fingerprint density at radius 2 is 2.17 bits per heavy atom. The third-order valence-electron chi connectivity index (χ3n) is 3.05. The molecule has 5 heteroatoms. The van der Waals surface area contributed by atoms with Crippen LogP contribution in [0, 0.1) is 11.8 Å². The molecule has 1 fully saturated rings. The minimum absolute atomic E-state index is 0.00543. The molecule has 2 amide bonds. The second-order valence-electron chi connectivity index (χ2n) is 5.01. The van der Waals surface area contributed by atoms with E-state index < -0.39 is 0 Å². The van der Waals surface area contributed by atoms with Crippen LogP contribution in [0.15, 0.2) is 11.1 Å². The second-order valence-corrected chi connectivity index (χ2v) is 6.13. The first-order valence-electron chi connectivity index (χ1n) is 6.31. The van der Waals surface area contributed by atoms with Gasteiger partial charge in [0.25, 0.3) is 0 Å². The predicted molar refractivity (Wildman–Crippen MR) is 75.2 cm³/mol. The Balaban J connectivity index is 2.50. The summed E-state index contributed by atoms with van der Waals surface area (Å²) in [7, 11) is 0. The highest BCUT2D eigenvalue weighted by Crippen LogP contribution is 2.18. The first-order valence-corrected chi connectivity index (χ1v) is 7.11. The summed E-state index contributed by atoms with van der Waals surface area (Å²) in [6, 6.07) is 0. The van der Waals surface area contributed by atoms with Crippen LogP contribution in [0.1, 0.15) is 26.7 Å². The van der Waals surface area contributed by atoms with E-state index in [9.17, 15) is 9.59 Å². The van der Waals surface area contributed by atoms with Crippen LogP contribution >= 0.6 is 15.9 Å². The van der Waals surface area contributed by atoms with E-state index in [4.69, 9.17) is 0 Å². The van der Waals surface area contributed by atoms with Crippen LogP contribution in [0.3, 0.4) is 0 Å². The van der Waals surface area contributed by atoms with Gasteiger partial charge in [0.2, 0.25) is 11.8 Å². The van der Waals surface area contributed by atoms with Gasteiger partial charge in [-0.25, -0.2) is 0 Å². The summed E-state index contributed by atoms with van der Waals surface area (Å²) in [6.45, 7) is 9.20. The van der Waals surface area contributed by atoms with Crippen LogP contribution in [0.4, 0.5) is 0 Å². The van der Waals surface area contributed by atoms with Crippen molar-refractivity contribution >= 4 is 27.7 Å². The molecule has 1 N–H and O–H groups in total. The third kappa shape index (κ3) is 4.44. The highest BCUT2D eigenvalue weighted by Gasteiger charge is 2.28. The minimum Gasteiger partial charge on any atom is -0.351 e. The van der Waals surface area contributed by atoms with Gasteiger partial charge in [0.1, 0.15) is 0 Å². The van der Waals surface area contributed by atoms with Crippen molar-refractivity contribution < 1.29 is 9.59 Å². The van der Waals surface area contributed by atoms with Crippen molar-refractivity contribution in [2.24, 2.45) is 11.8 Å². The molecular formula is C13H21BrN2O2. The molecular weight excluding hydrogens is 296 g/mol. The summed E-state index contributed by atoms with van der Waals surface area (Å²) in [5.74, 6) is 0.0525. The van der Waals surface area contributed by atoms with Crippen LogP contribution < -0.4 is 5.32 Å². The van der Waals surface area contributed by atoms with Gasteiger partial charge in [-0.2, -0.15) is 0 Å². The molecule has 0 bridgehead atoms. The lowest BCUT2D eigenvalue weighted by atomic mass is 9.96. The molecule has 0 radical (unpaired) electrons. The Labute approximate surface area is 117 Å². The number of rotatable bonds is 4. The van der Waals surface area contributed by atoms with Gasteiger partial charge >= 0.3 is 0 Å². The maximum atomic E-state index is 11.9. The molecule has 4 nitrogen and oxygen atoms in total. The smallest absolute Gasteiger partial charge is 0.225 e. The summed E-state index contributed by atoms with van der Waals surface area (Å²) in [4.78, 5) is 25.6. The molecule has 0 aromatic heterocycles. The third-order valence-corrected chi connectivity index (χ3v) is 3.33. The predicted octanol–water partition coefficient (Wildman–Crippen LogP) is 1.91. The molecule has 1 atom stereocenters. The number of carbonyl (C=O) groups excluding carboxylic acids is 2. The zero-order chi connectivity index (χ0) is 13.7. The maximum Gasteiger partial charge on any atom is 0.225 e. The maximum absolute atomic E-state index is 11.9. The normalized spacial score (nSPS) is 19.8. The van der Waals surface area contributed by atoms with Gasteiger partial charge in [0.05, 0.1) is 5.92 Å². The van der Waals surface area contributed by atoms with Crippen LogP contribution in [-0.2, 0) is 9.59 Å². The summed E-state index contributed by atoms with van der Waals surface area (Å²) in [5.41, 5.74) is 0. The molecule has 1 aliphatic rings. The number of halogens is 1. The Bertz CT molecular complexity index is 342. The molecule has 1 saturated heterocycles. The lowest BCUT2D eigenvalue weighted by Gasteiger charge is -2.33. The van der Waals surface area contributed by atoms with Crippen LogP contribution in [-0.4, -0.2) is 36.3 Å². The Morgan fingerprint density at radius 3 is 2.72 bits per heavy atom.